The summed E-state index contributed by atoms with van der Waals surface area (Å²) in [5.41, 5.74) is 0. The number of carbonyl (C=O) groups is 2. The lowest BCUT2D eigenvalue weighted by Crippen LogP contribution is -2.28. The molecule has 0 radical (unpaired) electrons. The molecule has 0 aliphatic rings. The van der Waals surface area contributed by atoms with Crippen LogP contribution in [0.3, 0.4) is 0 Å². The lowest BCUT2D eigenvalue weighted by Gasteiger charge is -2.15. The first-order valence-corrected chi connectivity index (χ1v) is 34.6. The van der Waals surface area contributed by atoms with Crippen molar-refractivity contribution in [3.05, 3.63) is 0 Å². The Hall–Kier alpha value is -1.10. The number of aliphatic hydroxyl groups excluding tert-OH is 1. The van der Waals surface area contributed by atoms with Crippen LogP contribution in [0.5, 0.6) is 0 Å². The van der Waals surface area contributed by atoms with E-state index in [9.17, 15) is 14.7 Å². The Bertz CT molecular complexity index is 1050. The minimum atomic E-state index is -0.765. The highest BCUT2D eigenvalue weighted by atomic mass is 16.6. The summed E-state index contributed by atoms with van der Waals surface area (Å²) >= 11 is 0. The maximum absolute atomic E-state index is 12.4. The number of carbonyl (C=O) groups excluding carboxylic acids is 2. The second kappa shape index (κ2) is 66.2. The van der Waals surface area contributed by atoms with Gasteiger partial charge < -0.3 is 14.6 Å². The summed E-state index contributed by atoms with van der Waals surface area (Å²) in [5, 5.41) is 9.70. The van der Waals surface area contributed by atoms with Gasteiger partial charge in [-0.15, -0.1) is 0 Å². The van der Waals surface area contributed by atoms with Crippen LogP contribution in [0.2, 0.25) is 0 Å². The van der Waals surface area contributed by atoms with Crippen LogP contribution < -0.4 is 0 Å². The fraction of sp³-hybridized carbons (Fsp3) is 0.971. The molecule has 1 atom stereocenters. The Kier molecular flexibility index (Phi) is 65.2. The lowest BCUT2D eigenvalue weighted by molar-refractivity contribution is -0.161. The summed E-state index contributed by atoms with van der Waals surface area (Å²) in [6.07, 6.45) is 82.9. The third-order valence-corrected chi connectivity index (χ3v) is 16.4. The van der Waals surface area contributed by atoms with E-state index >= 15 is 0 Å². The Morgan fingerprint density at radius 1 is 0.257 bits per heavy atom. The van der Waals surface area contributed by atoms with Gasteiger partial charge in [-0.25, -0.2) is 0 Å². The molecular formula is C69H136O5. The molecule has 74 heavy (non-hydrogen) atoms. The molecule has 0 aromatic heterocycles. The lowest BCUT2D eigenvalue weighted by atomic mass is 10.0. The van der Waals surface area contributed by atoms with E-state index in [0.29, 0.717) is 12.8 Å². The van der Waals surface area contributed by atoms with Gasteiger partial charge in [0.2, 0.25) is 0 Å². The molecule has 0 bridgehead atoms. The molecule has 5 heteroatoms. The monoisotopic (exact) mass is 1050 g/mol. The van der Waals surface area contributed by atoms with Gasteiger partial charge in [-0.2, -0.15) is 0 Å². The fourth-order valence-electron chi connectivity index (χ4n) is 11.2. The smallest absolute Gasteiger partial charge is 0.306 e. The van der Waals surface area contributed by atoms with Crippen LogP contribution >= 0.6 is 0 Å². The van der Waals surface area contributed by atoms with Crippen molar-refractivity contribution in [1.82, 2.24) is 0 Å². The first kappa shape index (κ1) is 72.9. The maximum atomic E-state index is 12.4. The Balaban J connectivity index is 3.35. The van der Waals surface area contributed by atoms with E-state index in [1.165, 1.54) is 353 Å². The van der Waals surface area contributed by atoms with Crippen LogP contribution in [0.25, 0.3) is 0 Å². The minimum Gasteiger partial charge on any atom is -0.462 e. The number of hydrogen-bond acceptors (Lipinski definition) is 5. The standard InChI is InChI=1S/C69H136O5/c1-3-5-7-9-11-13-15-17-19-21-23-25-27-29-31-33-34-35-36-38-40-42-44-46-48-50-52-54-56-58-60-62-64-69(72)74-67(65-70)66-73-68(71)63-61-59-57-55-53-51-49-47-45-43-41-39-37-32-30-28-26-24-22-20-18-16-14-12-10-8-6-4-2/h67,70H,3-66H2,1-2H3. The van der Waals surface area contributed by atoms with Crippen molar-refractivity contribution in [3.63, 3.8) is 0 Å². The SMILES string of the molecule is CCCCCCCCCCCCCCCCCCCCCCCCCCCCCCCCCCC(=O)OC(CO)COC(=O)CCCCCCCCCCCCCCCCCCCCCCCCCCCCCC. The van der Waals surface area contributed by atoms with Crippen molar-refractivity contribution in [3.8, 4) is 0 Å². The highest BCUT2D eigenvalue weighted by Crippen LogP contribution is 2.20. The number of rotatable bonds is 66. The van der Waals surface area contributed by atoms with E-state index in [0.717, 1.165) is 32.1 Å². The normalized spacial score (nSPS) is 12.0. The second-order valence-corrected chi connectivity index (χ2v) is 24.0. The van der Waals surface area contributed by atoms with Crippen molar-refractivity contribution >= 4 is 11.9 Å². The van der Waals surface area contributed by atoms with Gasteiger partial charge in [-0.1, -0.05) is 386 Å². The fourth-order valence-corrected chi connectivity index (χ4v) is 11.2. The highest BCUT2D eigenvalue weighted by Gasteiger charge is 2.16. The van der Waals surface area contributed by atoms with Gasteiger partial charge in [0.05, 0.1) is 6.61 Å². The van der Waals surface area contributed by atoms with E-state index in [2.05, 4.69) is 13.8 Å². The molecule has 0 saturated carbocycles. The molecule has 0 aromatic rings. The summed E-state index contributed by atoms with van der Waals surface area (Å²) in [7, 11) is 0. The average Bonchev–Trinajstić information content (AvgIpc) is 3.40. The van der Waals surface area contributed by atoms with Gasteiger partial charge in [-0.05, 0) is 12.8 Å². The quantitative estimate of drug-likeness (QED) is 0.0485. The van der Waals surface area contributed by atoms with E-state index < -0.39 is 6.10 Å². The summed E-state index contributed by atoms with van der Waals surface area (Å²) in [5.74, 6) is -0.558. The van der Waals surface area contributed by atoms with Gasteiger partial charge in [0, 0.05) is 12.8 Å². The van der Waals surface area contributed by atoms with Crippen LogP contribution in [0.4, 0.5) is 0 Å². The van der Waals surface area contributed by atoms with Gasteiger partial charge in [-0.3, -0.25) is 9.59 Å². The number of unbranched alkanes of at least 4 members (excludes halogenated alkanes) is 58. The molecule has 0 aliphatic carbocycles. The molecule has 1 unspecified atom stereocenters. The molecule has 0 spiro atoms. The zero-order valence-electron chi connectivity index (χ0n) is 50.9. The molecule has 5 nitrogen and oxygen atoms in total. The predicted molar refractivity (Wildman–Crippen MR) is 326 cm³/mol. The van der Waals surface area contributed by atoms with Crippen molar-refractivity contribution in [2.45, 2.75) is 418 Å². The average molecular weight is 1050 g/mol. The number of esters is 2. The molecule has 0 aromatic carbocycles. The summed E-state index contributed by atoms with van der Waals surface area (Å²) in [6, 6.07) is 0. The minimum absolute atomic E-state index is 0.0553. The summed E-state index contributed by atoms with van der Waals surface area (Å²) < 4.78 is 10.8. The molecule has 0 aliphatic heterocycles. The zero-order chi connectivity index (χ0) is 53.4. The summed E-state index contributed by atoms with van der Waals surface area (Å²) in [4.78, 5) is 24.6. The molecule has 0 fully saturated rings. The molecule has 0 amide bonds. The van der Waals surface area contributed by atoms with Gasteiger partial charge in [0.1, 0.15) is 6.61 Å². The molecule has 0 rings (SSSR count). The summed E-state index contributed by atoms with van der Waals surface area (Å²) in [6.45, 7) is 4.23. The predicted octanol–water partition coefficient (Wildman–Crippen LogP) is 23.7. The molecule has 1 N–H and O–H groups in total. The van der Waals surface area contributed by atoms with Gasteiger partial charge >= 0.3 is 11.9 Å². The topological polar surface area (TPSA) is 72.8 Å². The van der Waals surface area contributed by atoms with Gasteiger partial charge in [0.15, 0.2) is 6.10 Å². The van der Waals surface area contributed by atoms with E-state index in [1.807, 2.05) is 0 Å². The zero-order valence-corrected chi connectivity index (χ0v) is 50.9. The van der Waals surface area contributed by atoms with Crippen LogP contribution in [0.15, 0.2) is 0 Å². The van der Waals surface area contributed by atoms with Crippen LogP contribution in [0, 0.1) is 0 Å². The van der Waals surface area contributed by atoms with E-state index in [1.54, 1.807) is 0 Å². The number of aliphatic hydroxyl groups is 1. The highest BCUT2D eigenvalue weighted by molar-refractivity contribution is 5.70. The third kappa shape index (κ3) is 63.4. The molecule has 0 saturated heterocycles. The van der Waals surface area contributed by atoms with E-state index in [4.69, 9.17) is 9.47 Å². The molecular weight excluding hydrogens is 909 g/mol. The van der Waals surface area contributed by atoms with Gasteiger partial charge in [0.25, 0.3) is 0 Å². The van der Waals surface area contributed by atoms with E-state index in [-0.39, 0.29) is 25.2 Å². The first-order valence-electron chi connectivity index (χ1n) is 34.6. The van der Waals surface area contributed by atoms with Crippen molar-refractivity contribution < 1.29 is 24.2 Å². The Morgan fingerprint density at radius 3 is 0.595 bits per heavy atom. The largest absolute Gasteiger partial charge is 0.462 e. The van der Waals surface area contributed by atoms with Crippen molar-refractivity contribution in [1.29, 1.82) is 0 Å². The molecule has 0 heterocycles. The molecule has 442 valence electrons. The van der Waals surface area contributed by atoms with Crippen molar-refractivity contribution in [2.24, 2.45) is 0 Å². The maximum Gasteiger partial charge on any atom is 0.306 e. The second-order valence-electron chi connectivity index (χ2n) is 24.0. The first-order chi connectivity index (χ1) is 36.6. The third-order valence-electron chi connectivity index (χ3n) is 16.4. The van der Waals surface area contributed by atoms with Crippen LogP contribution in [-0.4, -0.2) is 36.4 Å². The van der Waals surface area contributed by atoms with Crippen molar-refractivity contribution in [2.75, 3.05) is 13.2 Å². The van der Waals surface area contributed by atoms with Crippen LogP contribution in [0.1, 0.15) is 412 Å². The number of ether oxygens (including phenoxy) is 2. The van der Waals surface area contributed by atoms with Crippen LogP contribution in [-0.2, 0) is 19.1 Å². The number of hydrogen-bond donors (Lipinski definition) is 1. The Labute approximate surface area is 465 Å². The Morgan fingerprint density at radius 2 is 0.419 bits per heavy atom.